The normalized spacial score (nSPS) is 32.6. The molecular weight excluding hydrogens is 172 g/mol. The smallest absolute Gasteiger partial charge is 0.0223 e. The summed E-state index contributed by atoms with van der Waals surface area (Å²) in [5.74, 6) is 0. The van der Waals surface area contributed by atoms with Crippen LogP contribution in [0.5, 0.6) is 0 Å². The van der Waals surface area contributed by atoms with Gasteiger partial charge < -0.3 is 0 Å². The second kappa shape index (κ2) is 4.63. The highest BCUT2D eigenvalue weighted by Gasteiger charge is 2.29. The molecule has 0 aromatic heterocycles. The van der Waals surface area contributed by atoms with Gasteiger partial charge in [0.25, 0.3) is 0 Å². The predicted molar refractivity (Wildman–Crippen MR) is 60.5 cm³/mol. The maximum Gasteiger partial charge on any atom is 0.0223 e. The molecule has 0 N–H and O–H groups in total. The van der Waals surface area contributed by atoms with Crippen molar-refractivity contribution in [1.29, 1.82) is 0 Å². The van der Waals surface area contributed by atoms with Gasteiger partial charge in [-0.1, -0.05) is 13.3 Å². The topological polar surface area (TPSA) is 6.48 Å². The first-order valence-corrected chi connectivity index (χ1v) is 6.29. The molecule has 0 bridgehead atoms. The summed E-state index contributed by atoms with van der Waals surface area (Å²) in [5, 5.41) is 0. The number of rotatable bonds is 2. The molecule has 0 radical (unpaired) electrons. The Bertz CT molecular complexity index is 181. The van der Waals surface area contributed by atoms with Crippen LogP contribution in [0.1, 0.15) is 39.5 Å². The lowest BCUT2D eigenvalue weighted by molar-refractivity contribution is 0.0304. The first-order valence-electron chi connectivity index (χ1n) is 6.29. The zero-order chi connectivity index (χ0) is 9.97. The summed E-state index contributed by atoms with van der Waals surface area (Å²) in [4.78, 5) is 5.40. The minimum absolute atomic E-state index is 0.791. The summed E-state index contributed by atoms with van der Waals surface area (Å²) in [6, 6.07) is 1.67. The molecule has 14 heavy (non-hydrogen) atoms. The van der Waals surface area contributed by atoms with Crippen LogP contribution < -0.4 is 0 Å². The maximum atomic E-state index is 2.71. The Kier molecular flexibility index (Phi) is 3.45. The molecule has 2 fully saturated rings. The summed E-state index contributed by atoms with van der Waals surface area (Å²) in [5.41, 5.74) is 0. The van der Waals surface area contributed by atoms with Crippen LogP contribution in [0, 0.1) is 0 Å². The van der Waals surface area contributed by atoms with E-state index in [-0.39, 0.29) is 0 Å². The van der Waals surface area contributed by atoms with E-state index < -0.39 is 0 Å². The Morgan fingerprint density at radius 1 is 1.21 bits per heavy atom. The molecule has 2 heteroatoms. The maximum absolute atomic E-state index is 2.71. The van der Waals surface area contributed by atoms with Gasteiger partial charge in [0.2, 0.25) is 0 Å². The lowest BCUT2D eigenvalue weighted by Gasteiger charge is -2.45. The molecule has 2 aliphatic rings. The summed E-state index contributed by atoms with van der Waals surface area (Å²) < 4.78 is 0. The van der Waals surface area contributed by atoms with Gasteiger partial charge in [-0.2, -0.15) is 0 Å². The third kappa shape index (κ3) is 2.12. The highest BCUT2D eigenvalue weighted by molar-refractivity contribution is 4.86. The Labute approximate surface area is 88.3 Å². The van der Waals surface area contributed by atoms with Crippen molar-refractivity contribution < 1.29 is 0 Å². The monoisotopic (exact) mass is 196 g/mol. The largest absolute Gasteiger partial charge is 0.298 e. The van der Waals surface area contributed by atoms with E-state index in [2.05, 4.69) is 23.6 Å². The van der Waals surface area contributed by atoms with Crippen molar-refractivity contribution in [2.24, 2.45) is 0 Å². The number of hydrogen-bond donors (Lipinski definition) is 0. The third-order valence-corrected chi connectivity index (χ3v) is 4.08. The Balaban J connectivity index is 1.89. The van der Waals surface area contributed by atoms with Crippen LogP contribution in [-0.4, -0.2) is 48.1 Å². The van der Waals surface area contributed by atoms with E-state index in [1.165, 1.54) is 51.9 Å². The highest BCUT2D eigenvalue weighted by atomic mass is 15.3. The van der Waals surface area contributed by atoms with Crippen molar-refractivity contribution in [3.63, 3.8) is 0 Å². The molecule has 0 aromatic carbocycles. The number of hydrogen-bond acceptors (Lipinski definition) is 2. The predicted octanol–water partition coefficient (Wildman–Crippen LogP) is 1.96. The van der Waals surface area contributed by atoms with Gasteiger partial charge in [-0.15, -0.1) is 0 Å². The quantitative estimate of drug-likeness (QED) is 0.666. The van der Waals surface area contributed by atoms with Crippen LogP contribution in [0.25, 0.3) is 0 Å². The van der Waals surface area contributed by atoms with Crippen molar-refractivity contribution in [3.8, 4) is 0 Å². The van der Waals surface area contributed by atoms with E-state index in [1.54, 1.807) is 0 Å². The van der Waals surface area contributed by atoms with Gasteiger partial charge in [-0.3, -0.25) is 9.80 Å². The third-order valence-electron chi connectivity index (χ3n) is 4.08. The Morgan fingerprint density at radius 3 is 2.86 bits per heavy atom. The van der Waals surface area contributed by atoms with Gasteiger partial charge in [0.05, 0.1) is 0 Å². The average molecular weight is 196 g/mol. The van der Waals surface area contributed by atoms with E-state index in [9.17, 15) is 0 Å². The van der Waals surface area contributed by atoms with Crippen LogP contribution in [-0.2, 0) is 0 Å². The number of piperazine rings is 1. The van der Waals surface area contributed by atoms with Gasteiger partial charge in [0.1, 0.15) is 0 Å². The lowest BCUT2D eigenvalue weighted by atomic mass is 9.98. The number of fused-ring (bicyclic) bond motifs is 1. The fourth-order valence-electron chi connectivity index (χ4n) is 2.84. The van der Waals surface area contributed by atoms with Gasteiger partial charge in [0.15, 0.2) is 0 Å². The summed E-state index contributed by atoms with van der Waals surface area (Å²) >= 11 is 0. The van der Waals surface area contributed by atoms with E-state index in [0.717, 1.165) is 12.1 Å². The molecule has 0 aliphatic carbocycles. The first kappa shape index (κ1) is 10.4. The van der Waals surface area contributed by atoms with E-state index in [4.69, 9.17) is 0 Å². The SMILES string of the molecule is CCC(C)N1CCN2CCCCC2C1. The van der Waals surface area contributed by atoms with E-state index >= 15 is 0 Å². The van der Waals surface area contributed by atoms with E-state index in [1.807, 2.05) is 0 Å². The van der Waals surface area contributed by atoms with Gasteiger partial charge in [0, 0.05) is 31.7 Å². The van der Waals surface area contributed by atoms with Crippen molar-refractivity contribution >= 4 is 0 Å². The van der Waals surface area contributed by atoms with Crippen LogP contribution in [0.15, 0.2) is 0 Å². The second-order valence-electron chi connectivity index (χ2n) is 4.94. The molecule has 2 unspecified atom stereocenters. The molecule has 2 rings (SSSR count). The van der Waals surface area contributed by atoms with Crippen LogP contribution in [0.3, 0.4) is 0 Å². The van der Waals surface area contributed by atoms with Crippen LogP contribution >= 0.6 is 0 Å². The second-order valence-corrected chi connectivity index (χ2v) is 4.94. The molecule has 0 aromatic rings. The minimum atomic E-state index is 0.791. The van der Waals surface area contributed by atoms with Gasteiger partial charge >= 0.3 is 0 Å². The molecule has 0 amide bonds. The summed E-state index contributed by atoms with van der Waals surface area (Å²) in [6.45, 7) is 9.98. The Morgan fingerprint density at radius 2 is 2.07 bits per heavy atom. The number of piperidine rings is 1. The highest BCUT2D eigenvalue weighted by Crippen LogP contribution is 2.22. The molecule has 2 saturated heterocycles. The fraction of sp³-hybridized carbons (Fsp3) is 1.00. The average Bonchev–Trinajstić information content (AvgIpc) is 2.27. The first-order chi connectivity index (χ1) is 6.81. The van der Waals surface area contributed by atoms with Crippen molar-refractivity contribution in [2.75, 3.05) is 26.2 Å². The molecule has 82 valence electrons. The standard InChI is InChI=1S/C12H24N2/c1-3-11(2)14-9-8-13-7-5-4-6-12(13)10-14/h11-12H,3-10H2,1-2H3. The van der Waals surface area contributed by atoms with Crippen LogP contribution in [0.4, 0.5) is 0 Å². The molecule has 2 heterocycles. The van der Waals surface area contributed by atoms with Gasteiger partial charge in [-0.05, 0) is 32.7 Å². The van der Waals surface area contributed by atoms with Crippen molar-refractivity contribution in [3.05, 3.63) is 0 Å². The minimum Gasteiger partial charge on any atom is -0.298 e. The zero-order valence-corrected chi connectivity index (χ0v) is 9.71. The van der Waals surface area contributed by atoms with E-state index in [0.29, 0.717) is 0 Å². The molecule has 0 spiro atoms. The molecular formula is C12H24N2. The molecule has 2 nitrogen and oxygen atoms in total. The lowest BCUT2D eigenvalue weighted by Crippen LogP contribution is -2.56. The zero-order valence-electron chi connectivity index (χ0n) is 9.71. The fourth-order valence-corrected chi connectivity index (χ4v) is 2.84. The van der Waals surface area contributed by atoms with Crippen LogP contribution in [0.2, 0.25) is 0 Å². The molecule has 2 aliphatic heterocycles. The van der Waals surface area contributed by atoms with Crippen molar-refractivity contribution in [2.45, 2.75) is 51.6 Å². The molecule has 0 saturated carbocycles. The van der Waals surface area contributed by atoms with Gasteiger partial charge in [-0.25, -0.2) is 0 Å². The Hall–Kier alpha value is -0.0800. The summed E-state index contributed by atoms with van der Waals surface area (Å²) in [6.07, 6.45) is 5.62. The molecule has 2 atom stereocenters. The number of nitrogens with zero attached hydrogens (tertiary/aromatic N) is 2. The van der Waals surface area contributed by atoms with Crippen molar-refractivity contribution in [1.82, 2.24) is 9.80 Å². The summed E-state index contributed by atoms with van der Waals surface area (Å²) in [7, 11) is 0.